The van der Waals surface area contributed by atoms with Crippen LogP contribution in [0.4, 0.5) is 0 Å². The smallest absolute Gasteiger partial charge is 0.0717 e. The predicted octanol–water partition coefficient (Wildman–Crippen LogP) is 17.1. The maximum Gasteiger partial charge on any atom is 0.0717 e. The zero-order chi connectivity index (χ0) is 36.1. The van der Waals surface area contributed by atoms with E-state index < -0.39 is 0 Å². The molecule has 0 bridgehead atoms. The van der Waals surface area contributed by atoms with Crippen LogP contribution in [-0.2, 0) is 0 Å². The summed E-state index contributed by atoms with van der Waals surface area (Å²) in [5.74, 6) is 17.8. The minimum atomic E-state index is 1.03. The summed E-state index contributed by atoms with van der Waals surface area (Å²) in [6, 6.07) is 13.3. The largest absolute Gasteiger partial charge is 0.117 e. The highest BCUT2D eigenvalue weighted by molar-refractivity contribution is 8.43. The topological polar surface area (TPSA) is 0 Å². The molecule has 0 radical (unpaired) electrons. The van der Waals surface area contributed by atoms with E-state index >= 15 is 0 Å². The van der Waals surface area contributed by atoms with Gasteiger partial charge < -0.3 is 0 Å². The molecule has 0 unspecified atom stereocenters. The Balaban J connectivity index is 1.06. The minimum Gasteiger partial charge on any atom is -0.117 e. The third-order valence-corrected chi connectivity index (χ3v) is 25.0. The lowest BCUT2D eigenvalue weighted by atomic mass is 10.2. The second kappa shape index (κ2) is 22.6. The lowest BCUT2D eigenvalue weighted by molar-refractivity contribution is 0.897. The summed E-state index contributed by atoms with van der Waals surface area (Å²) in [7, 11) is 0. The van der Waals surface area contributed by atoms with Crippen molar-refractivity contribution in [3.63, 3.8) is 0 Å². The van der Waals surface area contributed by atoms with Crippen molar-refractivity contribution in [2.24, 2.45) is 0 Å². The Morgan fingerprint density at radius 1 is 0.404 bits per heavy atom. The van der Waals surface area contributed by atoms with Crippen LogP contribution in [0, 0.1) is 23.7 Å². The fourth-order valence-corrected chi connectivity index (χ4v) is 22.6. The number of fused-ring (bicyclic) bond motifs is 2. The van der Waals surface area contributed by atoms with Crippen LogP contribution in [0.1, 0.15) is 90.2 Å². The third kappa shape index (κ3) is 12.1. The van der Waals surface area contributed by atoms with Crippen LogP contribution in [0.25, 0.3) is 0 Å². The van der Waals surface area contributed by atoms with E-state index in [0.717, 1.165) is 11.1 Å². The summed E-state index contributed by atoms with van der Waals surface area (Å²) < 4.78 is 11.8. The SMILES string of the molecule is CCCCSC1=C(SCCCC)SC(=C2Sc3ccc(C#CC#Cc4ccc5c(c4)SC(=C4SC(SCCCC)=C(SCCCC)S4)S5)cc3S2)S1. The van der Waals surface area contributed by atoms with E-state index in [9.17, 15) is 0 Å². The molecule has 0 atom stereocenters. The van der Waals surface area contributed by atoms with Crippen LogP contribution in [0.2, 0.25) is 0 Å². The maximum absolute atomic E-state index is 3.32. The number of benzene rings is 2. The molecule has 0 amide bonds. The van der Waals surface area contributed by atoms with Crippen molar-refractivity contribution in [1.82, 2.24) is 0 Å². The second-order valence-electron chi connectivity index (χ2n) is 11.7. The van der Waals surface area contributed by atoms with Crippen molar-refractivity contribution in [3.8, 4) is 23.7 Å². The van der Waals surface area contributed by atoms with Gasteiger partial charge in [0.05, 0.1) is 33.9 Å². The standard InChI is InChI=1S/C40H42S12/c1-5-9-21-41-33-34(42-22-10-6-2)50-39(49-33)37-45-29-19-17-27(25-31(29)47-37)15-13-14-16-28-18-20-30-32(26-28)48-38(46-30)40-51-35(43-23-11-7-3)36(52-40)44-24-12-8-4/h17-20,25-26H,5-12,21-24H2,1-4H3. The van der Waals surface area contributed by atoms with Gasteiger partial charge in [0.1, 0.15) is 0 Å². The Labute approximate surface area is 363 Å². The van der Waals surface area contributed by atoms with Crippen LogP contribution in [-0.4, -0.2) is 23.0 Å². The second-order valence-corrected chi connectivity index (χ2v) is 26.5. The first-order valence-corrected chi connectivity index (χ1v) is 28.3. The maximum atomic E-state index is 3.32. The summed E-state index contributed by atoms with van der Waals surface area (Å²) >= 11 is 23.9. The van der Waals surface area contributed by atoms with Gasteiger partial charge in [-0.15, -0.1) is 47.0 Å². The minimum absolute atomic E-state index is 1.03. The molecule has 0 aromatic heterocycles. The summed E-state index contributed by atoms with van der Waals surface area (Å²) in [5.41, 5.74) is 2.06. The summed E-state index contributed by atoms with van der Waals surface area (Å²) in [6.07, 6.45) is 10.1. The number of hydrogen-bond acceptors (Lipinski definition) is 12. The molecule has 0 saturated carbocycles. The van der Waals surface area contributed by atoms with Gasteiger partial charge in [-0.05, 0) is 96.9 Å². The molecule has 4 aliphatic heterocycles. The molecule has 4 aliphatic rings. The van der Waals surface area contributed by atoms with E-state index in [-0.39, 0.29) is 0 Å². The number of hydrogen-bond donors (Lipinski definition) is 0. The first kappa shape index (κ1) is 42.3. The molecule has 52 heavy (non-hydrogen) atoms. The average molecular weight is 908 g/mol. The number of unbranched alkanes of at least 4 members (excludes halogenated alkanes) is 4. The molecule has 0 fully saturated rings. The van der Waals surface area contributed by atoms with E-state index in [1.54, 1.807) is 0 Å². The Hall–Kier alpha value is 0.720. The quantitative estimate of drug-likeness (QED) is 0.116. The fraction of sp³-hybridized carbons (Fsp3) is 0.400. The van der Waals surface area contributed by atoms with Gasteiger partial charge in [-0.1, -0.05) is 159 Å². The molecule has 0 spiro atoms. The molecule has 274 valence electrons. The van der Waals surface area contributed by atoms with Gasteiger partial charge in [0.15, 0.2) is 0 Å². The monoisotopic (exact) mass is 906 g/mol. The molecular weight excluding hydrogens is 865 g/mol. The Morgan fingerprint density at radius 3 is 1.04 bits per heavy atom. The van der Waals surface area contributed by atoms with Gasteiger partial charge in [-0.25, -0.2) is 0 Å². The van der Waals surface area contributed by atoms with E-state index in [4.69, 9.17) is 0 Å². The van der Waals surface area contributed by atoms with E-state index in [2.05, 4.69) is 135 Å². The molecule has 0 saturated heterocycles. The molecule has 0 nitrogen and oxygen atoms in total. The average Bonchev–Trinajstić information content (AvgIpc) is 3.95. The Morgan fingerprint density at radius 2 is 0.712 bits per heavy atom. The fourth-order valence-electron chi connectivity index (χ4n) is 4.62. The third-order valence-electron chi connectivity index (χ3n) is 7.51. The lowest BCUT2D eigenvalue weighted by Crippen LogP contribution is -1.80. The van der Waals surface area contributed by atoms with Gasteiger partial charge in [0.25, 0.3) is 0 Å². The predicted molar refractivity (Wildman–Crippen MR) is 258 cm³/mol. The van der Waals surface area contributed by atoms with Gasteiger partial charge in [-0.3, -0.25) is 0 Å². The Kier molecular flexibility index (Phi) is 18.4. The van der Waals surface area contributed by atoms with Crippen LogP contribution in [0.3, 0.4) is 0 Å². The van der Waals surface area contributed by atoms with Gasteiger partial charge in [0.2, 0.25) is 0 Å². The molecule has 12 heteroatoms. The molecule has 2 aromatic rings. The van der Waals surface area contributed by atoms with E-state index in [1.807, 2.05) is 94.1 Å². The van der Waals surface area contributed by atoms with Gasteiger partial charge in [-0.2, -0.15) is 0 Å². The van der Waals surface area contributed by atoms with Crippen LogP contribution < -0.4 is 0 Å². The molecular formula is C40H42S12. The van der Waals surface area contributed by atoms with E-state index in [1.165, 1.54) is 128 Å². The lowest BCUT2D eigenvalue weighted by Gasteiger charge is -2.03. The van der Waals surface area contributed by atoms with Gasteiger partial charge in [0, 0.05) is 30.7 Å². The highest BCUT2D eigenvalue weighted by atomic mass is 32.3. The number of thioether (sulfide) groups is 12. The summed E-state index contributed by atoms with van der Waals surface area (Å²) in [5, 5.41) is 0. The zero-order valence-corrected chi connectivity index (χ0v) is 39.6. The normalized spacial score (nSPS) is 16.5. The molecule has 0 N–H and O–H groups in total. The molecule has 4 heterocycles. The number of rotatable bonds is 16. The molecule has 2 aromatic carbocycles. The van der Waals surface area contributed by atoms with Crippen LogP contribution >= 0.6 is 141 Å². The van der Waals surface area contributed by atoms with Gasteiger partial charge >= 0.3 is 0 Å². The van der Waals surface area contributed by atoms with Crippen molar-refractivity contribution < 1.29 is 0 Å². The first-order chi connectivity index (χ1) is 25.6. The highest BCUT2D eigenvalue weighted by Gasteiger charge is 2.30. The van der Waals surface area contributed by atoms with E-state index in [0.29, 0.717) is 0 Å². The molecule has 0 aliphatic carbocycles. The van der Waals surface area contributed by atoms with Crippen molar-refractivity contribution >= 4 is 141 Å². The van der Waals surface area contributed by atoms with Crippen molar-refractivity contribution in [2.75, 3.05) is 23.0 Å². The first-order valence-electron chi connectivity index (χ1n) is 17.8. The summed E-state index contributed by atoms with van der Waals surface area (Å²) in [4.78, 5) is 5.30. The van der Waals surface area contributed by atoms with Crippen molar-refractivity contribution in [3.05, 3.63) is 81.4 Å². The molecule has 6 rings (SSSR count). The summed E-state index contributed by atoms with van der Waals surface area (Å²) in [6.45, 7) is 9.12. The van der Waals surface area contributed by atoms with Crippen molar-refractivity contribution in [2.45, 2.75) is 98.6 Å². The van der Waals surface area contributed by atoms with Crippen LogP contribution in [0.5, 0.6) is 0 Å². The highest BCUT2D eigenvalue weighted by Crippen LogP contribution is 2.65. The van der Waals surface area contributed by atoms with Crippen molar-refractivity contribution in [1.29, 1.82) is 0 Å². The zero-order valence-electron chi connectivity index (χ0n) is 29.8. The van der Waals surface area contributed by atoms with Crippen LogP contribution in [0.15, 0.2) is 89.9 Å². The Bertz CT molecular complexity index is 1680.